The first-order valence-electron chi connectivity index (χ1n) is 5.59. The summed E-state index contributed by atoms with van der Waals surface area (Å²) in [5, 5.41) is 14.3. The summed E-state index contributed by atoms with van der Waals surface area (Å²) in [6.45, 7) is 0.366. The SMILES string of the molecule is O=[N+]([O-])c1cc(Br)ccc1CNc1c(Br)cccc1Br. The van der Waals surface area contributed by atoms with Crippen LogP contribution in [-0.2, 0) is 6.54 Å². The molecule has 0 aromatic heterocycles. The first-order valence-corrected chi connectivity index (χ1v) is 7.97. The fraction of sp³-hybridized carbons (Fsp3) is 0.0769. The number of nitrogens with one attached hydrogen (secondary N) is 1. The topological polar surface area (TPSA) is 55.2 Å². The molecule has 0 heterocycles. The highest BCUT2D eigenvalue weighted by molar-refractivity contribution is 9.11. The highest BCUT2D eigenvalue weighted by Gasteiger charge is 2.14. The maximum atomic E-state index is 11.1. The van der Waals surface area contributed by atoms with E-state index in [0.29, 0.717) is 16.6 Å². The van der Waals surface area contributed by atoms with Crippen molar-refractivity contribution in [3.63, 3.8) is 0 Å². The first-order chi connectivity index (χ1) is 9.49. The third-order valence-corrected chi connectivity index (χ3v) is 4.48. The van der Waals surface area contributed by atoms with Gasteiger partial charge in [0.05, 0.1) is 10.6 Å². The van der Waals surface area contributed by atoms with Crippen LogP contribution >= 0.6 is 47.8 Å². The zero-order chi connectivity index (χ0) is 14.7. The van der Waals surface area contributed by atoms with E-state index < -0.39 is 0 Å². The highest BCUT2D eigenvalue weighted by atomic mass is 79.9. The number of benzene rings is 2. The number of hydrogen-bond acceptors (Lipinski definition) is 3. The summed E-state index contributed by atoms with van der Waals surface area (Å²) < 4.78 is 2.48. The van der Waals surface area contributed by atoms with Crippen LogP contribution in [0, 0.1) is 10.1 Å². The van der Waals surface area contributed by atoms with Gasteiger partial charge in [0.15, 0.2) is 0 Å². The molecule has 4 nitrogen and oxygen atoms in total. The van der Waals surface area contributed by atoms with Gasteiger partial charge in [-0.05, 0) is 56.1 Å². The number of halogens is 3. The lowest BCUT2D eigenvalue weighted by atomic mass is 10.2. The van der Waals surface area contributed by atoms with Crippen molar-refractivity contribution in [3.8, 4) is 0 Å². The molecule has 0 spiro atoms. The van der Waals surface area contributed by atoms with Gasteiger partial charge >= 0.3 is 0 Å². The molecule has 0 saturated heterocycles. The van der Waals surface area contributed by atoms with Gasteiger partial charge in [-0.25, -0.2) is 0 Å². The second-order valence-corrected chi connectivity index (χ2v) is 6.60. The molecule has 0 radical (unpaired) electrons. The molecule has 0 bridgehead atoms. The Morgan fingerprint density at radius 2 is 1.75 bits per heavy atom. The van der Waals surface area contributed by atoms with Gasteiger partial charge in [-0.15, -0.1) is 0 Å². The van der Waals surface area contributed by atoms with Crippen LogP contribution in [0.2, 0.25) is 0 Å². The quantitative estimate of drug-likeness (QED) is 0.480. The molecule has 0 aliphatic heterocycles. The van der Waals surface area contributed by atoms with Crippen molar-refractivity contribution >= 4 is 59.2 Å². The van der Waals surface area contributed by atoms with E-state index in [1.54, 1.807) is 12.1 Å². The van der Waals surface area contributed by atoms with Crippen molar-refractivity contribution < 1.29 is 4.92 Å². The van der Waals surface area contributed by atoms with Crippen molar-refractivity contribution in [1.82, 2.24) is 0 Å². The smallest absolute Gasteiger partial charge is 0.275 e. The minimum Gasteiger partial charge on any atom is -0.379 e. The van der Waals surface area contributed by atoms with Crippen LogP contribution in [0.3, 0.4) is 0 Å². The molecule has 2 aromatic carbocycles. The van der Waals surface area contributed by atoms with Gasteiger partial charge in [-0.2, -0.15) is 0 Å². The molecule has 7 heteroatoms. The fourth-order valence-corrected chi connectivity index (χ4v) is 3.33. The zero-order valence-electron chi connectivity index (χ0n) is 10.1. The minimum absolute atomic E-state index is 0.0926. The van der Waals surface area contributed by atoms with E-state index in [0.717, 1.165) is 14.6 Å². The molecule has 0 saturated carbocycles. The van der Waals surface area contributed by atoms with Crippen LogP contribution < -0.4 is 5.32 Å². The van der Waals surface area contributed by atoms with Crippen molar-refractivity contribution in [2.75, 3.05) is 5.32 Å². The molecule has 1 N–H and O–H groups in total. The lowest BCUT2D eigenvalue weighted by molar-refractivity contribution is -0.385. The van der Waals surface area contributed by atoms with Crippen LogP contribution in [0.25, 0.3) is 0 Å². The van der Waals surface area contributed by atoms with Gasteiger partial charge < -0.3 is 5.32 Å². The Balaban J connectivity index is 2.25. The third kappa shape index (κ3) is 3.59. The van der Waals surface area contributed by atoms with Gasteiger partial charge in [-0.3, -0.25) is 10.1 Å². The molecular formula is C13H9Br3N2O2. The summed E-state index contributed by atoms with van der Waals surface area (Å²) >= 11 is 10.1. The van der Waals surface area contributed by atoms with Crippen molar-refractivity contribution in [1.29, 1.82) is 0 Å². The molecule has 0 aliphatic rings. The number of anilines is 1. The number of hydrogen-bond donors (Lipinski definition) is 1. The standard InChI is InChI=1S/C13H9Br3N2O2/c14-9-5-4-8(12(6-9)18(19)20)7-17-13-10(15)2-1-3-11(13)16/h1-6,17H,7H2. The normalized spacial score (nSPS) is 10.3. The minimum atomic E-state index is -0.378. The van der Waals surface area contributed by atoms with Crippen LogP contribution in [0.15, 0.2) is 49.8 Å². The summed E-state index contributed by atoms with van der Waals surface area (Å²) in [7, 11) is 0. The van der Waals surface area contributed by atoms with Crippen LogP contribution in [-0.4, -0.2) is 4.92 Å². The molecule has 0 atom stereocenters. The second kappa shape index (κ2) is 6.69. The van der Waals surface area contributed by atoms with Crippen LogP contribution in [0.4, 0.5) is 11.4 Å². The number of nitro groups is 1. The van der Waals surface area contributed by atoms with Crippen LogP contribution in [0.1, 0.15) is 5.56 Å². The Bertz CT molecular complexity index is 642. The molecule has 2 aromatic rings. The van der Waals surface area contributed by atoms with E-state index in [4.69, 9.17) is 0 Å². The predicted octanol–water partition coefficient (Wildman–Crippen LogP) is 5.49. The monoisotopic (exact) mass is 462 g/mol. The summed E-state index contributed by atoms with van der Waals surface area (Å²) in [5.74, 6) is 0. The lowest BCUT2D eigenvalue weighted by Crippen LogP contribution is -2.04. The Kier molecular flexibility index (Phi) is 5.17. The van der Waals surface area contributed by atoms with E-state index in [9.17, 15) is 10.1 Å². The molecule has 20 heavy (non-hydrogen) atoms. The molecule has 104 valence electrons. The summed E-state index contributed by atoms with van der Waals surface area (Å²) in [5.41, 5.74) is 1.58. The summed E-state index contributed by atoms with van der Waals surface area (Å²) in [6, 6.07) is 10.7. The summed E-state index contributed by atoms with van der Waals surface area (Å²) in [6.07, 6.45) is 0. The van der Waals surface area contributed by atoms with Crippen molar-refractivity contribution in [2.45, 2.75) is 6.54 Å². The molecule has 2 rings (SSSR count). The predicted molar refractivity (Wildman–Crippen MR) is 90.0 cm³/mol. The second-order valence-electron chi connectivity index (χ2n) is 3.98. The van der Waals surface area contributed by atoms with Gasteiger partial charge in [0.2, 0.25) is 0 Å². The molecule has 0 aliphatic carbocycles. The fourth-order valence-electron chi connectivity index (χ4n) is 1.71. The largest absolute Gasteiger partial charge is 0.379 e. The Labute approximate surface area is 141 Å². The Morgan fingerprint density at radius 3 is 2.35 bits per heavy atom. The van der Waals surface area contributed by atoms with E-state index in [1.807, 2.05) is 18.2 Å². The lowest BCUT2D eigenvalue weighted by Gasteiger charge is -2.11. The maximum Gasteiger partial charge on any atom is 0.275 e. The van der Waals surface area contributed by atoms with E-state index in [2.05, 4.69) is 53.1 Å². The zero-order valence-corrected chi connectivity index (χ0v) is 14.8. The van der Waals surface area contributed by atoms with E-state index in [1.165, 1.54) is 6.07 Å². The van der Waals surface area contributed by atoms with Crippen molar-refractivity contribution in [2.24, 2.45) is 0 Å². The van der Waals surface area contributed by atoms with Gasteiger partial charge in [0.25, 0.3) is 5.69 Å². The third-order valence-electron chi connectivity index (χ3n) is 2.66. The molecule has 0 unspecified atom stereocenters. The Hall–Kier alpha value is -0.920. The van der Waals surface area contributed by atoms with Gasteiger partial charge in [-0.1, -0.05) is 22.0 Å². The van der Waals surface area contributed by atoms with Crippen molar-refractivity contribution in [3.05, 3.63) is 65.5 Å². The first kappa shape index (κ1) is 15.5. The summed E-state index contributed by atoms with van der Waals surface area (Å²) in [4.78, 5) is 10.7. The maximum absolute atomic E-state index is 11.1. The van der Waals surface area contributed by atoms with Gasteiger partial charge in [0, 0.05) is 31.6 Å². The highest BCUT2D eigenvalue weighted by Crippen LogP contribution is 2.32. The molecule has 0 amide bonds. The number of nitro benzene ring substituents is 1. The number of para-hydroxylation sites is 1. The van der Waals surface area contributed by atoms with Crippen LogP contribution in [0.5, 0.6) is 0 Å². The number of nitrogens with zero attached hydrogens (tertiary/aromatic N) is 1. The average molecular weight is 465 g/mol. The van der Waals surface area contributed by atoms with Gasteiger partial charge in [0.1, 0.15) is 0 Å². The van der Waals surface area contributed by atoms with E-state index >= 15 is 0 Å². The number of rotatable bonds is 4. The average Bonchev–Trinajstić information content (AvgIpc) is 2.39. The van der Waals surface area contributed by atoms with E-state index in [-0.39, 0.29) is 10.6 Å². The molecule has 0 fully saturated rings. The molecular weight excluding hydrogens is 456 g/mol. The Morgan fingerprint density at radius 1 is 1.10 bits per heavy atom.